The van der Waals surface area contributed by atoms with Crippen LogP contribution < -0.4 is 9.80 Å². The Kier molecular flexibility index (Phi) is 12.7. The molecule has 6 heteroatoms. The minimum Gasteiger partial charge on any atom is -0.456 e. The number of anilines is 6. The molecular weight excluding hydrogens is 1120 g/mol. The molecule has 0 N–H and O–H groups in total. The van der Waals surface area contributed by atoms with E-state index in [4.69, 9.17) is 8.83 Å². The maximum Gasteiger partial charge on any atom is 0.136 e. The molecule has 0 bridgehead atoms. The SMILES string of the molecule is CC(C)(C)c1cc(-n2c3ccccc3c3ccc(N(c4ccccc4)c4ccc5oc6cc7cc8c(cc7cc6c5c4)oc4ccc(N(c5ccccc5)c5ccc6c7ccccc7n(-c7cc(C(C)(C)C)cc(C(C)(C)C)c7)c6c5)cc48)cc32)cc(C(C)(C)C)c1. The lowest BCUT2D eigenvalue weighted by Crippen LogP contribution is -2.17. The fourth-order valence-electron chi connectivity index (χ4n) is 14.1. The lowest BCUT2D eigenvalue weighted by atomic mass is 9.80. The summed E-state index contributed by atoms with van der Waals surface area (Å²) in [5.41, 5.74) is 21.9. The van der Waals surface area contributed by atoms with Crippen LogP contribution in [0.15, 0.2) is 251 Å². The Labute approximate surface area is 538 Å². The lowest BCUT2D eigenvalue weighted by Gasteiger charge is -2.27. The molecule has 0 aliphatic carbocycles. The first kappa shape index (κ1) is 56.9. The molecule has 0 aliphatic rings. The molecule has 0 unspecified atom stereocenters. The zero-order chi connectivity index (χ0) is 63.3. The molecule has 0 radical (unpaired) electrons. The summed E-state index contributed by atoms with van der Waals surface area (Å²) >= 11 is 0. The van der Waals surface area contributed by atoms with Gasteiger partial charge in [-0.15, -0.1) is 0 Å². The van der Waals surface area contributed by atoms with Crippen molar-refractivity contribution >= 4 is 132 Å². The Hall–Kier alpha value is -10.3. The number of rotatable bonds is 8. The Morgan fingerprint density at radius 1 is 0.239 bits per heavy atom. The topological polar surface area (TPSA) is 42.6 Å². The number of fused-ring (bicyclic) bond motifs is 13. The predicted octanol–water partition coefficient (Wildman–Crippen LogP) is 25.0. The van der Waals surface area contributed by atoms with Crippen molar-refractivity contribution in [2.24, 2.45) is 0 Å². The van der Waals surface area contributed by atoms with Crippen molar-refractivity contribution in [3.8, 4) is 11.4 Å². The maximum absolute atomic E-state index is 6.83. The van der Waals surface area contributed by atoms with Crippen LogP contribution in [-0.4, -0.2) is 9.13 Å². The second-order valence-corrected chi connectivity index (χ2v) is 29.6. The van der Waals surface area contributed by atoms with Crippen LogP contribution in [-0.2, 0) is 21.7 Å². The predicted molar refractivity (Wildman–Crippen MR) is 391 cm³/mol. The Morgan fingerprint density at radius 2 is 0.554 bits per heavy atom. The third kappa shape index (κ3) is 9.52. The van der Waals surface area contributed by atoms with Crippen LogP contribution in [0.25, 0.3) is 110 Å². The summed E-state index contributed by atoms with van der Waals surface area (Å²) in [5.74, 6) is 0. The highest BCUT2D eigenvalue weighted by atomic mass is 16.3. The summed E-state index contributed by atoms with van der Waals surface area (Å²) < 4.78 is 18.6. The molecular formula is C86H76N4O2. The molecule has 0 saturated heterocycles. The van der Waals surface area contributed by atoms with E-state index in [1.807, 2.05) is 0 Å². The molecule has 0 saturated carbocycles. The second kappa shape index (κ2) is 20.6. The van der Waals surface area contributed by atoms with Gasteiger partial charge >= 0.3 is 0 Å². The van der Waals surface area contributed by atoms with Crippen molar-refractivity contribution in [2.45, 2.75) is 105 Å². The Morgan fingerprint density at radius 3 is 0.924 bits per heavy atom. The maximum atomic E-state index is 6.83. The molecule has 4 aromatic heterocycles. The average Bonchev–Trinajstić information content (AvgIpc) is 1.58. The fourth-order valence-corrected chi connectivity index (χ4v) is 14.1. The van der Waals surface area contributed by atoms with E-state index >= 15 is 0 Å². The van der Waals surface area contributed by atoms with E-state index < -0.39 is 0 Å². The van der Waals surface area contributed by atoms with Crippen molar-refractivity contribution in [1.29, 1.82) is 0 Å². The van der Waals surface area contributed by atoms with Gasteiger partial charge < -0.3 is 27.8 Å². The highest BCUT2D eigenvalue weighted by Gasteiger charge is 2.27. The number of aromatic nitrogens is 2. The minimum atomic E-state index is -0.0366. The molecule has 0 amide bonds. The van der Waals surface area contributed by atoms with E-state index in [9.17, 15) is 0 Å². The van der Waals surface area contributed by atoms with Crippen molar-refractivity contribution < 1.29 is 8.83 Å². The number of hydrogen-bond donors (Lipinski definition) is 0. The highest BCUT2D eigenvalue weighted by Crippen LogP contribution is 2.47. The molecule has 4 heterocycles. The van der Waals surface area contributed by atoms with Crippen LogP contribution in [0, 0.1) is 0 Å². The summed E-state index contributed by atoms with van der Waals surface area (Å²) in [6, 6.07) is 89.7. The molecule has 0 atom stereocenters. The van der Waals surface area contributed by atoms with Gasteiger partial charge in [-0.2, -0.15) is 0 Å². The van der Waals surface area contributed by atoms with Gasteiger partial charge in [0.15, 0.2) is 0 Å². The van der Waals surface area contributed by atoms with Crippen LogP contribution in [0.1, 0.15) is 105 Å². The van der Waals surface area contributed by atoms with Gasteiger partial charge in [0.05, 0.1) is 22.1 Å². The normalized spacial score (nSPS) is 12.8. The number of para-hydroxylation sites is 4. The van der Waals surface area contributed by atoms with Gasteiger partial charge in [-0.3, -0.25) is 0 Å². The first-order valence-corrected chi connectivity index (χ1v) is 32.5. The zero-order valence-electron chi connectivity index (χ0n) is 54.7. The number of hydrogen-bond acceptors (Lipinski definition) is 4. The molecule has 452 valence electrons. The number of nitrogens with zero attached hydrogens (tertiary/aromatic N) is 4. The first-order chi connectivity index (χ1) is 44.1. The van der Waals surface area contributed by atoms with E-state index in [1.165, 1.54) is 66.2 Å². The fraction of sp³-hybridized carbons (Fsp3) is 0.186. The van der Waals surface area contributed by atoms with E-state index in [0.717, 1.165) is 99.8 Å². The van der Waals surface area contributed by atoms with Crippen LogP contribution in [0.4, 0.5) is 34.1 Å². The van der Waals surface area contributed by atoms with E-state index in [2.05, 4.69) is 345 Å². The van der Waals surface area contributed by atoms with Gasteiger partial charge in [0.1, 0.15) is 22.3 Å². The molecule has 92 heavy (non-hydrogen) atoms. The van der Waals surface area contributed by atoms with Crippen LogP contribution in [0.3, 0.4) is 0 Å². The molecule has 0 fully saturated rings. The summed E-state index contributed by atoms with van der Waals surface area (Å²) in [7, 11) is 0. The van der Waals surface area contributed by atoms with Crippen molar-refractivity contribution in [3.63, 3.8) is 0 Å². The number of benzene rings is 12. The second-order valence-electron chi connectivity index (χ2n) is 29.6. The quantitative estimate of drug-likeness (QED) is 0.152. The summed E-state index contributed by atoms with van der Waals surface area (Å²) in [6.07, 6.45) is 0. The van der Waals surface area contributed by atoms with Gasteiger partial charge in [0, 0.05) is 88.6 Å². The van der Waals surface area contributed by atoms with Crippen molar-refractivity contribution in [2.75, 3.05) is 9.80 Å². The van der Waals surface area contributed by atoms with Crippen molar-refractivity contribution in [3.05, 3.63) is 265 Å². The number of furan rings is 2. The van der Waals surface area contributed by atoms with E-state index in [0.29, 0.717) is 0 Å². The molecule has 12 aromatic carbocycles. The smallest absolute Gasteiger partial charge is 0.136 e. The molecule has 16 rings (SSSR count). The lowest BCUT2D eigenvalue weighted by molar-refractivity contribution is 0.567. The van der Waals surface area contributed by atoms with Gasteiger partial charge in [-0.1, -0.05) is 180 Å². The zero-order valence-corrected chi connectivity index (χ0v) is 54.7. The average molecular weight is 1200 g/mol. The van der Waals surface area contributed by atoms with Crippen LogP contribution in [0.5, 0.6) is 0 Å². The largest absolute Gasteiger partial charge is 0.456 e. The third-order valence-corrected chi connectivity index (χ3v) is 19.2. The Bertz CT molecular complexity index is 5210. The molecule has 0 spiro atoms. The summed E-state index contributed by atoms with van der Waals surface area (Å²) in [4.78, 5) is 4.76. The van der Waals surface area contributed by atoms with Gasteiger partial charge in [-0.05, 0) is 200 Å². The van der Waals surface area contributed by atoms with Gasteiger partial charge in [0.25, 0.3) is 0 Å². The summed E-state index contributed by atoms with van der Waals surface area (Å²) in [5, 5.41) is 11.3. The molecule has 6 nitrogen and oxygen atoms in total. The van der Waals surface area contributed by atoms with Gasteiger partial charge in [0.2, 0.25) is 0 Å². The minimum absolute atomic E-state index is 0.0366. The summed E-state index contributed by atoms with van der Waals surface area (Å²) in [6.45, 7) is 27.8. The van der Waals surface area contributed by atoms with E-state index in [1.54, 1.807) is 0 Å². The molecule has 0 aliphatic heterocycles. The third-order valence-electron chi connectivity index (χ3n) is 19.2. The van der Waals surface area contributed by atoms with Crippen LogP contribution in [0.2, 0.25) is 0 Å². The first-order valence-electron chi connectivity index (χ1n) is 32.5. The standard InChI is InChI=1S/C86H76N4O2/c1-83(2,3)55-43-56(84(4,5)6)46-65(45-55)89-75-29-21-19-27-67(75)69-35-31-63(51-77(69)89)87(59-23-15-13-16-24-59)61-33-37-79-73(49-61)71-39-53-42-82-72(40-54(53)41-81(71)91-79)74-50-62(34-38-80(74)92-82)88(60-25-17-14-18-26-60)64-32-36-70-68-28-20-22-30-76(68)90(78(70)52-64)66-47-57(85(7,8)9)44-58(48-66)86(10,11)12/h13-52H,1-12H3. The van der Waals surface area contributed by atoms with Crippen molar-refractivity contribution in [1.82, 2.24) is 9.13 Å². The highest BCUT2D eigenvalue weighted by molar-refractivity contribution is 6.17. The Balaban J connectivity index is 0.809. The monoisotopic (exact) mass is 1200 g/mol. The van der Waals surface area contributed by atoms with E-state index in [-0.39, 0.29) is 21.7 Å². The molecule has 16 aromatic rings. The van der Waals surface area contributed by atoms with Crippen LogP contribution >= 0.6 is 0 Å². The van der Waals surface area contributed by atoms with Gasteiger partial charge in [-0.25, -0.2) is 0 Å².